The van der Waals surface area contributed by atoms with Crippen LogP contribution in [0.15, 0.2) is 36.4 Å². The van der Waals surface area contributed by atoms with E-state index in [1.54, 1.807) is 12.1 Å². The lowest BCUT2D eigenvalue weighted by molar-refractivity contribution is 0.461. The van der Waals surface area contributed by atoms with Crippen LogP contribution in [0.1, 0.15) is 12.5 Å². The lowest BCUT2D eigenvalue weighted by atomic mass is 10.2. The van der Waals surface area contributed by atoms with Crippen molar-refractivity contribution in [2.45, 2.75) is 13.5 Å². The zero-order chi connectivity index (χ0) is 14.5. The Morgan fingerprint density at radius 1 is 1.10 bits per heavy atom. The Morgan fingerprint density at radius 2 is 1.90 bits per heavy atom. The van der Waals surface area contributed by atoms with Crippen molar-refractivity contribution in [1.82, 2.24) is 5.32 Å². The van der Waals surface area contributed by atoms with Gasteiger partial charge in [0.15, 0.2) is 11.6 Å². The average molecular weight is 298 g/mol. The van der Waals surface area contributed by atoms with Crippen molar-refractivity contribution in [2.75, 3.05) is 6.54 Å². The van der Waals surface area contributed by atoms with Gasteiger partial charge < -0.3 is 10.1 Å². The van der Waals surface area contributed by atoms with E-state index in [0.29, 0.717) is 17.3 Å². The highest BCUT2D eigenvalue weighted by atomic mass is 35.5. The van der Waals surface area contributed by atoms with Gasteiger partial charge in [-0.3, -0.25) is 0 Å². The van der Waals surface area contributed by atoms with E-state index in [2.05, 4.69) is 5.32 Å². The van der Waals surface area contributed by atoms with E-state index in [4.69, 9.17) is 16.3 Å². The lowest BCUT2D eigenvalue weighted by Gasteiger charge is -2.09. The molecule has 0 fully saturated rings. The Bertz CT molecular complexity index is 604. The second-order valence-corrected chi connectivity index (χ2v) is 4.63. The molecule has 0 aliphatic heterocycles. The third kappa shape index (κ3) is 3.68. The Balaban J connectivity index is 2.14. The molecule has 0 spiro atoms. The molecule has 2 aromatic carbocycles. The van der Waals surface area contributed by atoms with Crippen LogP contribution in [0.5, 0.6) is 11.5 Å². The SMILES string of the molecule is CCNCc1ccc(Oc2ccc(F)c(F)c2)c(Cl)c1. The molecule has 0 aromatic heterocycles. The average Bonchev–Trinajstić information content (AvgIpc) is 2.43. The molecule has 0 aliphatic carbocycles. The van der Waals surface area contributed by atoms with E-state index in [1.165, 1.54) is 6.07 Å². The molecule has 106 valence electrons. The highest BCUT2D eigenvalue weighted by Crippen LogP contribution is 2.30. The number of ether oxygens (including phenoxy) is 1. The van der Waals surface area contributed by atoms with Gasteiger partial charge in [-0.05, 0) is 36.4 Å². The second-order valence-electron chi connectivity index (χ2n) is 4.22. The molecule has 0 saturated heterocycles. The summed E-state index contributed by atoms with van der Waals surface area (Å²) < 4.78 is 31.4. The first-order valence-corrected chi connectivity index (χ1v) is 6.60. The van der Waals surface area contributed by atoms with Crippen LogP contribution >= 0.6 is 11.6 Å². The van der Waals surface area contributed by atoms with Gasteiger partial charge in [-0.1, -0.05) is 24.6 Å². The summed E-state index contributed by atoms with van der Waals surface area (Å²) in [6.07, 6.45) is 0. The third-order valence-corrected chi connectivity index (χ3v) is 2.99. The molecular weight excluding hydrogens is 284 g/mol. The Morgan fingerprint density at radius 3 is 2.55 bits per heavy atom. The monoisotopic (exact) mass is 297 g/mol. The summed E-state index contributed by atoms with van der Waals surface area (Å²) in [7, 11) is 0. The van der Waals surface area contributed by atoms with Crippen LogP contribution in [0.4, 0.5) is 8.78 Å². The zero-order valence-corrected chi connectivity index (χ0v) is 11.7. The quantitative estimate of drug-likeness (QED) is 0.876. The van der Waals surface area contributed by atoms with Crippen LogP contribution in [0, 0.1) is 11.6 Å². The van der Waals surface area contributed by atoms with Gasteiger partial charge in [-0.15, -0.1) is 0 Å². The number of benzene rings is 2. The minimum atomic E-state index is -0.956. The molecule has 0 heterocycles. The van der Waals surface area contributed by atoms with Crippen LogP contribution in [0.2, 0.25) is 5.02 Å². The topological polar surface area (TPSA) is 21.3 Å². The van der Waals surface area contributed by atoms with Gasteiger partial charge >= 0.3 is 0 Å². The summed E-state index contributed by atoms with van der Waals surface area (Å²) in [6, 6.07) is 8.69. The number of rotatable bonds is 5. The van der Waals surface area contributed by atoms with Crippen molar-refractivity contribution < 1.29 is 13.5 Å². The molecule has 0 atom stereocenters. The Kier molecular flexibility index (Phi) is 4.93. The molecule has 0 unspecified atom stereocenters. The first kappa shape index (κ1) is 14.8. The van der Waals surface area contributed by atoms with Crippen molar-refractivity contribution in [3.05, 3.63) is 58.6 Å². The van der Waals surface area contributed by atoms with E-state index < -0.39 is 11.6 Å². The molecular formula is C15H14ClF2NO. The summed E-state index contributed by atoms with van der Waals surface area (Å²) in [5.74, 6) is -1.27. The van der Waals surface area contributed by atoms with Gasteiger partial charge in [0.2, 0.25) is 0 Å². The summed E-state index contributed by atoms with van der Waals surface area (Å²) >= 11 is 6.11. The van der Waals surface area contributed by atoms with E-state index in [-0.39, 0.29) is 5.75 Å². The summed E-state index contributed by atoms with van der Waals surface area (Å²) in [6.45, 7) is 3.59. The fourth-order valence-electron chi connectivity index (χ4n) is 1.67. The van der Waals surface area contributed by atoms with Gasteiger partial charge in [0.1, 0.15) is 11.5 Å². The zero-order valence-electron chi connectivity index (χ0n) is 10.9. The predicted octanol–water partition coefficient (Wildman–Crippen LogP) is 4.52. The van der Waals surface area contributed by atoms with Crippen LogP contribution in [-0.4, -0.2) is 6.54 Å². The Hall–Kier alpha value is -1.65. The van der Waals surface area contributed by atoms with Gasteiger partial charge in [-0.25, -0.2) is 8.78 Å². The van der Waals surface area contributed by atoms with Crippen molar-refractivity contribution in [1.29, 1.82) is 0 Å². The van der Waals surface area contributed by atoms with Crippen LogP contribution in [0.25, 0.3) is 0 Å². The van der Waals surface area contributed by atoms with Crippen molar-refractivity contribution >= 4 is 11.6 Å². The standard InChI is InChI=1S/C15H14ClF2NO/c1-2-19-9-10-3-6-15(12(16)7-10)20-11-4-5-13(17)14(18)8-11/h3-8,19H,2,9H2,1H3. The minimum absolute atomic E-state index is 0.199. The van der Waals surface area contributed by atoms with Gasteiger partial charge in [-0.2, -0.15) is 0 Å². The molecule has 1 N–H and O–H groups in total. The smallest absolute Gasteiger partial charge is 0.162 e. The molecule has 0 aliphatic rings. The van der Waals surface area contributed by atoms with Crippen LogP contribution in [0.3, 0.4) is 0 Å². The molecule has 5 heteroatoms. The van der Waals surface area contributed by atoms with Gasteiger partial charge in [0.25, 0.3) is 0 Å². The lowest BCUT2D eigenvalue weighted by Crippen LogP contribution is -2.11. The van der Waals surface area contributed by atoms with E-state index in [9.17, 15) is 8.78 Å². The normalized spacial score (nSPS) is 10.6. The van der Waals surface area contributed by atoms with Crippen LogP contribution in [-0.2, 0) is 6.54 Å². The Labute approximate surface area is 121 Å². The molecule has 0 bridgehead atoms. The maximum atomic E-state index is 13.1. The van der Waals surface area contributed by atoms with E-state index in [0.717, 1.165) is 24.2 Å². The van der Waals surface area contributed by atoms with Crippen molar-refractivity contribution in [3.8, 4) is 11.5 Å². The first-order valence-electron chi connectivity index (χ1n) is 6.22. The third-order valence-electron chi connectivity index (χ3n) is 2.69. The van der Waals surface area contributed by atoms with E-state index >= 15 is 0 Å². The summed E-state index contributed by atoms with van der Waals surface area (Å²) in [4.78, 5) is 0. The molecule has 0 saturated carbocycles. The molecule has 0 radical (unpaired) electrons. The highest BCUT2D eigenvalue weighted by Gasteiger charge is 2.07. The first-order chi connectivity index (χ1) is 9.60. The highest BCUT2D eigenvalue weighted by molar-refractivity contribution is 6.32. The van der Waals surface area contributed by atoms with Gasteiger partial charge in [0, 0.05) is 12.6 Å². The summed E-state index contributed by atoms with van der Waals surface area (Å²) in [5.41, 5.74) is 1.02. The second kappa shape index (κ2) is 6.68. The number of halogens is 3. The van der Waals surface area contributed by atoms with Gasteiger partial charge in [0.05, 0.1) is 5.02 Å². The number of hydrogen-bond acceptors (Lipinski definition) is 2. The number of hydrogen-bond donors (Lipinski definition) is 1. The molecule has 0 amide bonds. The molecule has 2 nitrogen and oxygen atoms in total. The molecule has 20 heavy (non-hydrogen) atoms. The minimum Gasteiger partial charge on any atom is -0.456 e. The predicted molar refractivity (Wildman–Crippen MR) is 75.3 cm³/mol. The molecule has 2 rings (SSSR count). The van der Waals surface area contributed by atoms with Crippen molar-refractivity contribution in [3.63, 3.8) is 0 Å². The van der Waals surface area contributed by atoms with Crippen LogP contribution < -0.4 is 10.1 Å². The maximum Gasteiger partial charge on any atom is 0.162 e. The largest absolute Gasteiger partial charge is 0.456 e. The van der Waals surface area contributed by atoms with Crippen molar-refractivity contribution in [2.24, 2.45) is 0 Å². The number of nitrogens with one attached hydrogen (secondary N) is 1. The fourth-order valence-corrected chi connectivity index (χ4v) is 1.92. The van der Waals surface area contributed by atoms with E-state index in [1.807, 2.05) is 13.0 Å². The fraction of sp³-hybridized carbons (Fsp3) is 0.200. The summed E-state index contributed by atoms with van der Waals surface area (Å²) in [5, 5.41) is 3.61. The maximum absolute atomic E-state index is 13.1. The molecule has 2 aromatic rings.